The number of hydrogen-bond donors (Lipinski definition) is 2. The summed E-state index contributed by atoms with van der Waals surface area (Å²) in [5.74, 6) is -0.243. The van der Waals surface area contributed by atoms with Gasteiger partial charge in [-0.3, -0.25) is 9.59 Å². The van der Waals surface area contributed by atoms with Crippen LogP contribution in [0.25, 0.3) is 0 Å². The Balaban J connectivity index is 2.14. The Bertz CT molecular complexity index is 535. The van der Waals surface area contributed by atoms with Gasteiger partial charge in [0.05, 0.1) is 6.61 Å². The quantitative estimate of drug-likeness (QED) is 0.820. The van der Waals surface area contributed by atoms with Crippen LogP contribution in [0, 0.1) is 5.41 Å². The summed E-state index contributed by atoms with van der Waals surface area (Å²) in [7, 11) is 1.75. The van der Waals surface area contributed by atoms with E-state index in [1.54, 1.807) is 23.9 Å². The summed E-state index contributed by atoms with van der Waals surface area (Å²) in [6.07, 6.45) is 4.47. The van der Waals surface area contributed by atoms with Gasteiger partial charge in [0.2, 0.25) is 0 Å². The van der Waals surface area contributed by atoms with Crippen LogP contribution < -0.4 is 5.32 Å². The Morgan fingerprint density at radius 3 is 2.80 bits per heavy atom. The number of aryl methyl sites for hydroxylation is 1. The topological polar surface area (TPSA) is 71.3 Å². The smallest absolute Gasteiger partial charge is 0.268 e. The first-order valence-electron chi connectivity index (χ1n) is 6.96. The van der Waals surface area contributed by atoms with Gasteiger partial charge in [0.25, 0.3) is 5.91 Å². The monoisotopic (exact) mass is 278 g/mol. The van der Waals surface area contributed by atoms with Crippen LogP contribution >= 0.6 is 0 Å². The standard InChI is InChI=1S/C15H22N2O3/c1-10(19)11-7-12(17(3)8-11)14(20)16-13-5-4-6-15(13,2)9-18/h7-8,13,18H,4-6,9H2,1-3H3,(H,16,20). The molecule has 0 aromatic carbocycles. The first-order chi connectivity index (χ1) is 9.37. The van der Waals surface area contributed by atoms with Crippen LogP contribution in [0.4, 0.5) is 0 Å². The van der Waals surface area contributed by atoms with Crippen LogP contribution in [-0.4, -0.2) is 34.0 Å². The lowest BCUT2D eigenvalue weighted by atomic mass is 9.86. The van der Waals surface area contributed by atoms with E-state index in [1.807, 2.05) is 6.92 Å². The zero-order valence-electron chi connectivity index (χ0n) is 12.3. The Morgan fingerprint density at radius 1 is 1.55 bits per heavy atom. The van der Waals surface area contributed by atoms with Crippen molar-refractivity contribution < 1.29 is 14.7 Å². The molecule has 1 heterocycles. The third-order valence-corrected chi connectivity index (χ3v) is 4.39. The number of ketones is 1. The average molecular weight is 278 g/mol. The Hall–Kier alpha value is -1.62. The highest BCUT2D eigenvalue weighted by molar-refractivity contribution is 5.99. The molecule has 0 bridgehead atoms. The van der Waals surface area contributed by atoms with Crippen molar-refractivity contribution in [3.8, 4) is 0 Å². The van der Waals surface area contributed by atoms with Crippen LogP contribution in [-0.2, 0) is 7.05 Å². The molecule has 1 aliphatic carbocycles. The summed E-state index contributed by atoms with van der Waals surface area (Å²) in [5.41, 5.74) is 0.765. The molecule has 2 N–H and O–H groups in total. The second-order valence-corrected chi connectivity index (χ2v) is 6.01. The number of aromatic nitrogens is 1. The molecule has 1 fully saturated rings. The van der Waals surface area contributed by atoms with E-state index < -0.39 is 0 Å². The molecule has 2 atom stereocenters. The normalized spacial score (nSPS) is 25.7. The molecule has 5 nitrogen and oxygen atoms in total. The maximum absolute atomic E-state index is 12.3. The molecular weight excluding hydrogens is 256 g/mol. The second kappa shape index (κ2) is 5.40. The van der Waals surface area contributed by atoms with Gasteiger partial charge in [-0.1, -0.05) is 13.3 Å². The van der Waals surface area contributed by atoms with Crippen molar-refractivity contribution in [2.45, 2.75) is 39.2 Å². The number of amides is 1. The van der Waals surface area contributed by atoms with Gasteiger partial charge in [0.15, 0.2) is 5.78 Å². The van der Waals surface area contributed by atoms with Crippen molar-refractivity contribution in [1.82, 2.24) is 9.88 Å². The van der Waals surface area contributed by atoms with Crippen LogP contribution in [0.5, 0.6) is 0 Å². The molecule has 2 rings (SSSR count). The number of carbonyl (C=O) groups excluding carboxylic acids is 2. The van der Waals surface area contributed by atoms with E-state index >= 15 is 0 Å². The molecule has 1 amide bonds. The molecule has 1 aromatic rings. The van der Waals surface area contributed by atoms with E-state index in [1.165, 1.54) is 6.92 Å². The molecule has 5 heteroatoms. The van der Waals surface area contributed by atoms with Gasteiger partial charge >= 0.3 is 0 Å². The summed E-state index contributed by atoms with van der Waals surface area (Å²) < 4.78 is 1.66. The fraction of sp³-hybridized carbons (Fsp3) is 0.600. The molecule has 0 saturated heterocycles. The summed E-state index contributed by atoms with van der Waals surface area (Å²) >= 11 is 0. The summed E-state index contributed by atoms with van der Waals surface area (Å²) in [6, 6.07) is 1.60. The summed E-state index contributed by atoms with van der Waals surface area (Å²) in [5, 5.41) is 12.5. The zero-order valence-corrected chi connectivity index (χ0v) is 12.3. The SMILES string of the molecule is CC(=O)c1cc(C(=O)NC2CCCC2(C)CO)n(C)c1. The third kappa shape index (κ3) is 2.63. The Kier molecular flexibility index (Phi) is 3.99. The van der Waals surface area contributed by atoms with Gasteiger partial charge in [-0.05, 0) is 25.8 Å². The molecule has 1 saturated carbocycles. The van der Waals surface area contributed by atoms with E-state index in [4.69, 9.17) is 0 Å². The predicted molar refractivity (Wildman–Crippen MR) is 75.7 cm³/mol. The van der Waals surface area contributed by atoms with Crippen molar-refractivity contribution in [2.75, 3.05) is 6.61 Å². The number of rotatable bonds is 4. The minimum absolute atomic E-state index is 0.0179. The second-order valence-electron chi connectivity index (χ2n) is 6.01. The summed E-state index contributed by atoms with van der Waals surface area (Å²) in [6.45, 7) is 3.55. The van der Waals surface area contributed by atoms with Crippen molar-refractivity contribution in [3.05, 3.63) is 23.5 Å². The van der Waals surface area contributed by atoms with Crippen LogP contribution in [0.15, 0.2) is 12.3 Å². The number of carbonyl (C=O) groups is 2. The highest BCUT2D eigenvalue weighted by Gasteiger charge is 2.39. The molecular formula is C15H22N2O3. The van der Waals surface area contributed by atoms with Gasteiger partial charge in [0, 0.05) is 30.3 Å². The maximum Gasteiger partial charge on any atom is 0.268 e. The molecule has 1 aliphatic rings. The number of aliphatic hydroxyl groups is 1. The van der Waals surface area contributed by atoms with Gasteiger partial charge < -0.3 is 15.0 Å². The van der Waals surface area contributed by atoms with Gasteiger partial charge in [-0.2, -0.15) is 0 Å². The van der Waals surface area contributed by atoms with Crippen molar-refractivity contribution in [1.29, 1.82) is 0 Å². The number of Topliss-reactive ketones (excluding diaryl/α,β-unsaturated/α-hetero) is 1. The van der Waals surface area contributed by atoms with Gasteiger partial charge in [-0.15, -0.1) is 0 Å². The first-order valence-corrected chi connectivity index (χ1v) is 6.96. The van der Waals surface area contributed by atoms with Crippen LogP contribution in [0.2, 0.25) is 0 Å². The first kappa shape index (κ1) is 14.8. The minimum atomic E-state index is -0.246. The Labute approximate surface area is 119 Å². The maximum atomic E-state index is 12.3. The molecule has 110 valence electrons. The fourth-order valence-electron chi connectivity index (χ4n) is 2.88. The molecule has 0 spiro atoms. The minimum Gasteiger partial charge on any atom is -0.396 e. The number of hydrogen-bond acceptors (Lipinski definition) is 3. The molecule has 0 aliphatic heterocycles. The van der Waals surface area contributed by atoms with Crippen molar-refractivity contribution in [2.24, 2.45) is 12.5 Å². The number of nitrogens with one attached hydrogen (secondary N) is 1. The number of aliphatic hydroxyl groups excluding tert-OH is 1. The largest absolute Gasteiger partial charge is 0.396 e. The Morgan fingerprint density at radius 2 is 2.25 bits per heavy atom. The lowest BCUT2D eigenvalue weighted by Crippen LogP contribution is -2.45. The van der Waals surface area contributed by atoms with E-state index in [2.05, 4.69) is 5.32 Å². The van der Waals surface area contributed by atoms with Crippen LogP contribution in [0.3, 0.4) is 0 Å². The van der Waals surface area contributed by atoms with E-state index in [0.29, 0.717) is 11.3 Å². The van der Waals surface area contributed by atoms with Crippen molar-refractivity contribution in [3.63, 3.8) is 0 Å². The zero-order chi connectivity index (χ0) is 14.9. The molecule has 0 radical (unpaired) electrons. The highest BCUT2D eigenvalue weighted by Crippen LogP contribution is 2.37. The lowest BCUT2D eigenvalue weighted by Gasteiger charge is -2.30. The van der Waals surface area contributed by atoms with E-state index in [9.17, 15) is 14.7 Å². The number of nitrogens with zero attached hydrogens (tertiary/aromatic N) is 1. The third-order valence-electron chi connectivity index (χ3n) is 4.39. The van der Waals surface area contributed by atoms with Crippen LogP contribution in [0.1, 0.15) is 54.0 Å². The molecule has 20 heavy (non-hydrogen) atoms. The summed E-state index contributed by atoms with van der Waals surface area (Å²) in [4.78, 5) is 23.7. The van der Waals surface area contributed by atoms with E-state index in [-0.39, 0.29) is 29.8 Å². The molecule has 2 unspecified atom stereocenters. The fourth-order valence-corrected chi connectivity index (χ4v) is 2.88. The average Bonchev–Trinajstić information content (AvgIpc) is 2.94. The highest BCUT2D eigenvalue weighted by atomic mass is 16.3. The van der Waals surface area contributed by atoms with Gasteiger partial charge in [0.1, 0.15) is 5.69 Å². The predicted octanol–water partition coefficient (Wildman–Crippen LogP) is 1.51. The van der Waals surface area contributed by atoms with Gasteiger partial charge in [-0.25, -0.2) is 0 Å². The molecule has 1 aromatic heterocycles. The van der Waals surface area contributed by atoms with E-state index in [0.717, 1.165) is 19.3 Å². The van der Waals surface area contributed by atoms with Crippen molar-refractivity contribution >= 4 is 11.7 Å². The lowest BCUT2D eigenvalue weighted by molar-refractivity contribution is 0.0823.